The first-order chi connectivity index (χ1) is 9.00. The second kappa shape index (κ2) is 6.13. The van der Waals surface area contributed by atoms with Crippen molar-refractivity contribution in [2.24, 2.45) is 0 Å². The molecule has 0 fully saturated rings. The number of sulfone groups is 1. The first kappa shape index (κ1) is 17.0. The zero-order chi connectivity index (χ0) is 15.6. The second-order valence-electron chi connectivity index (χ2n) is 4.91. The van der Waals surface area contributed by atoms with Crippen molar-refractivity contribution in [3.05, 3.63) is 35.4 Å². The number of hydrogen-bond acceptors (Lipinski definition) is 3. The van der Waals surface area contributed by atoms with Crippen LogP contribution in [0.2, 0.25) is 0 Å². The maximum absolute atomic E-state index is 12.5. The van der Waals surface area contributed by atoms with Gasteiger partial charge in [-0.3, -0.25) is 4.90 Å². The molecule has 0 heterocycles. The van der Waals surface area contributed by atoms with Crippen molar-refractivity contribution >= 4 is 9.84 Å². The van der Waals surface area contributed by atoms with E-state index < -0.39 is 21.6 Å². The number of halogens is 3. The Bertz CT molecular complexity index is 538. The van der Waals surface area contributed by atoms with Crippen LogP contribution in [0.1, 0.15) is 24.1 Å². The van der Waals surface area contributed by atoms with Crippen LogP contribution in [0.5, 0.6) is 0 Å². The summed E-state index contributed by atoms with van der Waals surface area (Å²) in [7, 11) is -1.31. The van der Waals surface area contributed by atoms with Crippen molar-refractivity contribution in [2.45, 2.75) is 19.1 Å². The summed E-state index contributed by atoms with van der Waals surface area (Å²) in [5, 5.41) is 0. The van der Waals surface area contributed by atoms with Gasteiger partial charge in [0.05, 0.1) is 11.3 Å². The molecule has 0 bridgehead atoms. The van der Waals surface area contributed by atoms with Crippen molar-refractivity contribution in [1.29, 1.82) is 0 Å². The van der Waals surface area contributed by atoms with Gasteiger partial charge in [0.2, 0.25) is 0 Å². The Balaban J connectivity index is 2.74. The van der Waals surface area contributed by atoms with E-state index in [1.165, 1.54) is 12.1 Å². The smallest absolute Gasteiger partial charge is 0.299 e. The molecular weight excluding hydrogens is 291 g/mol. The number of hydrogen-bond donors (Lipinski definition) is 0. The van der Waals surface area contributed by atoms with Gasteiger partial charge < -0.3 is 0 Å². The molecule has 1 aromatic carbocycles. The van der Waals surface area contributed by atoms with Crippen LogP contribution in [-0.2, 0) is 16.0 Å². The SMILES string of the molecule is CC(c1ccc(C(F)(F)F)cc1)N(C)CCS(C)(=O)=O. The van der Waals surface area contributed by atoms with E-state index in [1.807, 2.05) is 6.92 Å². The van der Waals surface area contributed by atoms with Gasteiger partial charge >= 0.3 is 6.18 Å². The van der Waals surface area contributed by atoms with Crippen LogP contribution < -0.4 is 0 Å². The minimum atomic E-state index is -4.34. The molecule has 0 saturated heterocycles. The summed E-state index contributed by atoms with van der Waals surface area (Å²) in [6.07, 6.45) is -3.19. The number of alkyl halides is 3. The first-order valence-electron chi connectivity index (χ1n) is 6.06. The molecule has 0 aromatic heterocycles. The fourth-order valence-electron chi connectivity index (χ4n) is 1.71. The molecule has 20 heavy (non-hydrogen) atoms. The molecule has 0 aliphatic heterocycles. The summed E-state index contributed by atoms with van der Waals surface area (Å²) >= 11 is 0. The largest absolute Gasteiger partial charge is 0.416 e. The van der Waals surface area contributed by atoms with E-state index in [-0.39, 0.29) is 11.8 Å². The highest BCUT2D eigenvalue weighted by Crippen LogP contribution is 2.30. The van der Waals surface area contributed by atoms with Gasteiger partial charge in [-0.2, -0.15) is 13.2 Å². The van der Waals surface area contributed by atoms with Crippen molar-refractivity contribution in [1.82, 2.24) is 4.90 Å². The van der Waals surface area contributed by atoms with Gasteiger partial charge in [-0.25, -0.2) is 8.42 Å². The van der Waals surface area contributed by atoms with E-state index in [0.717, 1.165) is 18.4 Å². The van der Waals surface area contributed by atoms with E-state index in [0.29, 0.717) is 12.1 Å². The lowest BCUT2D eigenvalue weighted by molar-refractivity contribution is -0.137. The Morgan fingerprint density at radius 2 is 1.70 bits per heavy atom. The van der Waals surface area contributed by atoms with Gasteiger partial charge in [0.25, 0.3) is 0 Å². The van der Waals surface area contributed by atoms with Crippen molar-refractivity contribution in [3.63, 3.8) is 0 Å². The predicted molar refractivity (Wildman–Crippen MR) is 72.2 cm³/mol. The molecule has 0 aliphatic rings. The Kier molecular flexibility index (Phi) is 5.21. The van der Waals surface area contributed by atoms with Crippen LogP contribution in [0.3, 0.4) is 0 Å². The summed E-state index contributed by atoms with van der Waals surface area (Å²) in [5.41, 5.74) is 0.0289. The third-order valence-electron chi connectivity index (χ3n) is 3.20. The molecule has 1 aromatic rings. The van der Waals surface area contributed by atoms with E-state index in [2.05, 4.69) is 0 Å². The Hall–Kier alpha value is -1.08. The molecule has 0 aliphatic carbocycles. The highest BCUT2D eigenvalue weighted by Gasteiger charge is 2.30. The topological polar surface area (TPSA) is 37.4 Å². The lowest BCUT2D eigenvalue weighted by Gasteiger charge is -2.25. The Morgan fingerprint density at radius 3 is 2.10 bits per heavy atom. The van der Waals surface area contributed by atoms with Crippen LogP contribution >= 0.6 is 0 Å². The lowest BCUT2D eigenvalue weighted by atomic mass is 10.1. The first-order valence-corrected chi connectivity index (χ1v) is 8.12. The van der Waals surface area contributed by atoms with Crippen LogP contribution in [0, 0.1) is 0 Å². The molecule has 3 nitrogen and oxygen atoms in total. The van der Waals surface area contributed by atoms with Gasteiger partial charge in [-0.1, -0.05) is 12.1 Å². The molecular formula is C13H18F3NO2S. The van der Waals surface area contributed by atoms with Crippen LogP contribution in [-0.4, -0.2) is 38.9 Å². The predicted octanol–water partition coefficient (Wildman–Crippen LogP) is 2.74. The van der Waals surface area contributed by atoms with Crippen molar-refractivity contribution < 1.29 is 21.6 Å². The zero-order valence-electron chi connectivity index (χ0n) is 11.6. The Morgan fingerprint density at radius 1 is 1.20 bits per heavy atom. The van der Waals surface area contributed by atoms with Crippen LogP contribution in [0.4, 0.5) is 13.2 Å². The second-order valence-corrected chi connectivity index (χ2v) is 7.17. The number of nitrogens with zero attached hydrogens (tertiary/aromatic N) is 1. The molecule has 0 saturated carbocycles. The van der Waals surface area contributed by atoms with Gasteiger partial charge in [-0.15, -0.1) is 0 Å². The fourth-order valence-corrected chi connectivity index (χ4v) is 2.33. The zero-order valence-corrected chi connectivity index (χ0v) is 12.4. The molecule has 0 radical (unpaired) electrons. The average Bonchev–Trinajstić information content (AvgIpc) is 2.33. The average molecular weight is 309 g/mol. The standard InChI is InChI=1S/C13H18F3NO2S/c1-10(17(2)8-9-20(3,18)19)11-4-6-12(7-5-11)13(14,15)16/h4-7,10H,8-9H2,1-3H3. The molecule has 0 spiro atoms. The number of rotatable bonds is 5. The highest BCUT2D eigenvalue weighted by atomic mass is 32.2. The molecule has 0 N–H and O–H groups in total. The van der Waals surface area contributed by atoms with Gasteiger partial charge in [-0.05, 0) is 31.7 Å². The van der Waals surface area contributed by atoms with Gasteiger partial charge in [0, 0.05) is 18.8 Å². The summed E-state index contributed by atoms with van der Waals surface area (Å²) in [6.45, 7) is 2.16. The highest BCUT2D eigenvalue weighted by molar-refractivity contribution is 7.90. The molecule has 0 amide bonds. The monoisotopic (exact) mass is 309 g/mol. The summed E-state index contributed by atoms with van der Waals surface area (Å²) < 4.78 is 59.6. The van der Waals surface area contributed by atoms with Crippen LogP contribution in [0.25, 0.3) is 0 Å². The third-order valence-corrected chi connectivity index (χ3v) is 4.12. The summed E-state index contributed by atoms with van der Waals surface area (Å²) in [6, 6.07) is 4.76. The molecule has 1 atom stereocenters. The van der Waals surface area contributed by atoms with Crippen LogP contribution in [0.15, 0.2) is 24.3 Å². The van der Waals surface area contributed by atoms with Crippen molar-refractivity contribution in [3.8, 4) is 0 Å². The number of benzene rings is 1. The molecule has 1 rings (SSSR count). The maximum Gasteiger partial charge on any atom is 0.416 e. The summed E-state index contributed by atoms with van der Waals surface area (Å²) in [5.74, 6) is 0.0223. The normalized spacial score (nSPS) is 14.6. The molecule has 7 heteroatoms. The lowest BCUT2D eigenvalue weighted by Crippen LogP contribution is -2.28. The fraction of sp³-hybridized carbons (Fsp3) is 0.538. The van der Waals surface area contributed by atoms with E-state index in [4.69, 9.17) is 0 Å². The Labute approximate surface area is 117 Å². The maximum atomic E-state index is 12.5. The quantitative estimate of drug-likeness (QED) is 0.839. The van der Waals surface area contributed by atoms with Gasteiger partial charge in [0.1, 0.15) is 9.84 Å². The third kappa shape index (κ3) is 5.13. The van der Waals surface area contributed by atoms with E-state index in [1.54, 1.807) is 11.9 Å². The molecule has 114 valence electrons. The van der Waals surface area contributed by atoms with E-state index >= 15 is 0 Å². The summed E-state index contributed by atoms with van der Waals surface area (Å²) in [4.78, 5) is 1.80. The molecule has 1 unspecified atom stereocenters. The minimum absolute atomic E-state index is 0.0223. The van der Waals surface area contributed by atoms with E-state index in [9.17, 15) is 21.6 Å². The van der Waals surface area contributed by atoms with Crippen molar-refractivity contribution in [2.75, 3.05) is 25.6 Å². The minimum Gasteiger partial charge on any atom is -0.299 e. The van der Waals surface area contributed by atoms with Gasteiger partial charge in [0.15, 0.2) is 0 Å².